The molecule has 0 saturated carbocycles. The number of aryl methyl sites for hydroxylation is 2. The molecule has 156 valence electrons. The maximum absolute atomic E-state index is 13.2. The van der Waals surface area contributed by atoms with Crippen LogP contribution in [0.15, 0.2) is 79.6 Å². The van der Waals surface area contributed by atoms with Crippen molar-refractivity contribution in [3.8, 4) is 0 Å². The van der Waals surface area contributed by atoms with E-state index in [1.54, 1.807) is 62.4 Å². The average Bonchev–Trinajstić information content (AvgIpc) is 3.04. The molecule has 0 atom stereocenters. The van der Waals surface area contributed by atoms with Crippen LogP contribution in [0, 0.1) is 13.8 Å². The van der Waals surface area contributed by atoms with Gasteiger partial charge in [0.25, 0.3) is 15.9 Å². The summed E-state index contributed by atoms with van der Waals surface area (Å²) < 4.78 is 33.8. The minimum absolute atomic E-state index is 0.0977. The highest BCUT2D eigenvalue weighted by molar-refractivity contribution is 9.10. The van der Waals surface area contributed by atoms with Crippen molar-refractivity contribution in [1.29, 1.82) is 0 Å². The van der Waals surface area contributed by atoms with Crippen LogP contribution in [0.25, 0.3) is 0 Å². The summed E-state index contributed by atoms with van der Waals surface area (Å²) >= 11 is 3.33. The smallest absolute Gasteiger partial charge is 0.264 e. The number of amides is 1. The second-order valence-electron chi connectivity index (χ2n) is 6.46. The first kappa shape index (κ1) is 21.8. The van der Waals surface area contributed by atoms with Crippen LogP contribution in [0.1, 0.15) is 17.1 Å². The van der Waals surface area contributed by atoms with E-state index in [1.165, 1.54) is 18.3 Å². The van der Waals surface area contributed by atoms with Crippen LogP contribution >= 0.6 is 15.9 Å². The van der Waals surface area contributed by atoms with Crippen LogP contribution in [0.5, 0.6) is 0 Å². The zero-order valence-electron chi connectivity index (χ0n) is 16.4. The van der Waals surface area contributed by atoms with E-state index in [1.807, 2.05) is 0 Å². The lowest BCUT2D eigenvalue weighted by Gasteiger charge is -2.25. The van der Waals surface area contributed by atoms with Gasteiger partial charge in [-0.2, -0.15) is 5.10 Å². The molecule has 30 heavy (non-hydrogen) atoms. The van der Waals surface area contributed by atoms with Crippen LogP contribution in [-0.4, -0.2) is 27.1 Å². The van der Waals surface area contributed by atoms with Crippen molar-refractivity contribution in [2.24, 2.45) is 5.10 Å². The molecule has 2 aromatic carbocycles. The molecule has 0 aliphatic rings. The molecule has 3 rings (SSSR count). The van der Waals surface area contributed by atoms with Gasteiger partial charge in [-0.3, -0.25) is 9.10 Å². The number of carbonyl (C=O) groups excluding carboxylic acids is 1. The molecule has 7 nitrogen and oxygen atoms in total. The summed E-state index contributed by atoms with van der Waals surface area (Å²) in [6.45, 7) is 3.14. The number of sulfonamides is 1. The Bertz CT molecular complexity index is 1150. The predicted molar refractivity (Wildman–Crippen MR) is 119 cm³/mol. The molecule has 3 aromatic rings. The van der Waals surface area contributed by atoms with Gasteiger partial charge in [-0.15, -0.1) is 0 Å². The zero-order chi connectivity index (χ0) is 21.7. The number of halogens is 1. The number of hydrogen-bond donors (Lipinski definition) is 1. The zero-order valence-corrected chi connectivity index (χ0v) is 18.8. The van der Waals surface area contributed by atoms with Crippen molar-refractivity contribution >= 4 is 43.8 Å². The second kappa shape index (κ2) is 9.27. The number of nitrogens with one attached hydrogen (secondary N) is 1. The Balaban J connectivity index is 1.84. The lowest BCUT2D eigenvalue weighted by molar-refractivity contribution is -0.119. The Labute approximate surface area is 183 Å². The number of rotatable bonds is 7. The van der Waals surface area contributed by atoms with Gasteiger partial charge >= 0.3 is 0 Å². The maximum atomic E-state index is 13.2. The van der Waals surface area contributed by atoms with E-state index in [2.05, 4.69) is 26.5 Å². The first-order valence-corrected chi connectivity index (χ1v) is 11.2. The van der Waals surface area contributed by atoms with Gasteiger partial charge in [0.15, 0.2) is 0 Å². The van der Waals surface area contributed by atoms with Crippen LogP contribution in [0.3, 0.4) is 0 Å². The van der Waals surface area contributed by atoms with Crippen molar-refractivity contribution in [2.75, 3.05) is 10.8 Å². The van der Waals surface area contributed by atoms with Crippen molar-refractivity contribution < 1.29 is 17.6 Å². The lowest BCUT2D eigenvalue weighted by Crippen LogP contribution is -2.40. The molecule has 0 bridgehead atoms. The van der Waals surface area contributed by atoms with Crippen molar-refractivity contribution in [2.45, 2.75) is 18.7 Å². The summed E-state index contributed by atoms with van der Waals surface area (Å²) in [4.78, 5) is 12.6. The predicted octanol–water partition coefficient (Wildman–Crippen LogP) is 4.00. The third-order valence-electron chi connectivity index (χ3n) is 4.26. The van der Waals surface area contributed by atoms with Gasteiger partial charge in [0.05, 0.1) is 21.3 Å². The number of para-hydroxylation sites is 1. The number of hydrogen-bond acceptors (Lipinski definition) is 5. The molecule has 0 unspecified atom stereocenters. The molecule has 0 saturated heterocycles. The number of carbonyl (C=O) groups is 1. The summed E-state index contributed by atoms with van der Waals surface area (Å²) in [7, 11) is -3.96. The van der Waals surface area contributed by atoms with E-state index in [-0.39, 0.29) is 4.90 Å². The minimum Gasteiger partial charge on any atom is -0.459 e. The fourth-order valence-electron chi connectivity index (χ4n) is 2.74. The van der Waals surface area contributed by atoms with Crippen LogP contribution in [0.4, 0.5) is 5.69 Å². The Kier molecular flexibility index (Phi) is 6.73. The number of hydrazone groups is 1. The molecule has 0 aliphatic heterocycles. The lowest BCUT2D eigenvalue weighted by atomic mass is 10.2. The van der Waals surface area contributed by atoms with Crippen LogP contribution in [0.2, 0.25) is 0 Å². The van der Waals surface area contributed by atoms with Gasteiger partial charge < -0.3 is 4.42 Å². The molecule has 0 fully saturated rings. The molecular formula is C21H20BrN3O4S. The highest BCUT2D eigenvalue weighted by atomic mass is 79.9. The van der Waals surface area contributed by atoms with E-state index in [0.29, 0.717) is 17.2 Å². The van der Waals surface area contributed by atoms with Gasteiger partial charge in [0, 0.05) is 6.07 Å². The quantitative estimate of drug-likeness (QED) is 0.400. The van der Waals surface area contributed by atoms with E-state index < -0.39 is 22.5 Å². The molecule has 0 aliphatic carbocycles. The van der Waals surface area contributed by atoms with Crippen molar-refractivity contribution in [3.63, 3.8) is 0 Å². The number of nitrogens with zero attached hydrogens (tertiary/aromatic N) is 2. The average molecular weight is 490 g/mol. The monoisotopic (exact) mass is 489 g/mol. The van der Waals surface area contributed by atoms with Gasteiger partial charge in [-0.05, 0) is 53.5 Å². The highest BCUT2D eigenvalue weighted by Crippen LogP contribution is 2.26. The standard InChI is InChI=1S/C21H20BrN3O4S/c1-15-8-6-7-11-20(15)25(30(27,28)18-9-4-3-5-10-18)14-21(26)24-23-13-17-12-19(22)16(2)29-17/h3-13H,14H2,1-2H3,(H,24,26)/b23-13-. The van der Waals surface area contributed by atoms with Crippen molar-refractivity contribution in [1.82, 2.24) is 5.43 Å². The van der Waals surface area contributed by atoms with Crippen LogP contribution in [-0.2, 0) is 14.8 Å². The van der Waals surface area contributed by atoms with Gasteiger partial charge in [0.1, 0.15) is 18.1 Å². The van der Waals surface area contributed by atoms with Gasteiger partial charge in [-0.1, -0.05) is 36.4 Å². The normalized spacial score (nSPS) is 11.6. The maximum Gasteiger partial charge on any atom is 0.264 e. The SMILES string of the molecule is Cc1ccccc1N(CC(=O)N/N=C\c1cc(Br)c(C)o1)S(=O)(=O)c1ccccc1. The highest BCUT2D eigenvalue weighted by Gasteiger charge is 2.27. The van der Waals surface area contributed by atoms with E-state index >= 15 is 0 Å². The van der Waals surface area contributed by atoms with Gasteiger partial charge in [0.2, 0.25) is 0 Å². The first-order chi connectivity index (χ1) is 14.3. The molecule has 1 N–H and O–H groups in total. The molecule has 0 radical (unpaired) electrons. The molecule has 1 aromatic heterocycles. The summed E-state index contributed by atoms with van der Waals surface area (Å²) in [6, 6.07) is 16.7. The largest absolute Gasteiger partial charge is 0.459 e. The van der Waals surface area contributed by atoms with E-state index in [4.69, 9.17) is 4.42 Å². The van der Waals surface area contributed by atoms with Crippen LogP contribution < -0.4 is 9.73 Å². The second-order valence-corrected chi connectivity index (χ2v) is 9.17. The number of furan rings is 1. The molecule has 0 spiro atoms. The summed E-state index contributed by atoms with van der Waals surface area (Å²) in [5, 5.41) is 3.86. The Morgan fingerprint density at radius 3 is 2.43 bits per heavy atom. The summed E-state index contributed by atoms with van der Waals surface area (Å²) in [5.74, 6) is 0.547. The molecule has 9 heteroatoms. The Morgan fingerprint density at radius 1 is 1.13 bits per heavy atom. The van der Waals surface area contributed by atoms with Crippen molar-refractivity contribution in [3.05, 3.63) is 82.2 Å². The fourth-order valence-corrected chi connectivity index (χ4v) is 4.55. The number of benzene rings is 2. The first-order valence-electron chi connectivity index (χ1n) is 9.00. The third-order valence-corrected chi connectivity index (χ3v) is 6.82. The third kappa shape index (κ3) is 4.98. The molecular weight excluding hydrogens is 470 g/mol. The minimum atomic E-state index is -3.96. The van der Waals surface area contributed by atoms with E-state index in [0.717, 1.165) is 14.3 Å². The summed E-state index contributed by atoms with van der Waals surface area (Å²) in [6.07, 6.45) is 1.35. The molecule has 1 heterocycles. The number of anilines is 1. The Hall–Kier alpha value is -2.91. The fraction of sp³-hybridized carbons (Fsp3) is 0.143. The molecule has 1 amide bonds. The Morgan fingerprint density at radius 2 is 1.80 bits per heavy atom. The van der Waals surface area contributed by atoms with Gasteiger partial charge in [-0.25, -0.2) is 13.8 Å². The summed E-state index contributed by atoms with van der Waals surface area (Å²) in [5.41, 5.74) is 3.50. The topological polar surface area (TPSA) is 92.0 Å². The van der Waals surface area contributed by atoms with E-state index in [9.17, 15) is 13.2 Å².